The molecule has 3 aromatic rings. The van der Waals surface area contributed by atoms with Gasteiger partial charge in [0.05, 0.1) is 10.9 Å². The molecule has 0 aliphatic carbocycles. The number of hydrogen-bond donors (Lipinski definition) is 1. The number of carbonyl (C=O) groups excluding carboxylic acids is 1. The van der Waals surface area contributed by atoms with Crippen molar-refractivity contribution in [3.05, 3.63) is 82.4 Å². The molecule has 4 rings (SSSR count). The summed E-state index contributed by atoms with van der Waals surface area (Å²) >= 11 is 0. The summed E-state index contributed by atoms with van der Waals surface area (Å²) < 4.78 is 5.40. The lowest BCUT2D eigenvalue weighted by molar-refractivity contribution is -0.114. The highest BCUT2D eigenvalue weighted by molar-refractivity contribution is 6.07. The first kappa shape index (κ1) is 14.2. The second-order valence-electron chi connectivity index (χ2n) is 5.46. The summed E-state index contributed by atoms with van der Waals surface area (Å²) in [5.74, 6) is -0.0162. The monoisotopic (exact) mass is 315 g/mol. The molecule has 24 heavy (non-hydrogen) atoms. The molecule has 0 fully saturated rings. The molecule has 1 aromatic heterocycles. The standard InChI is InChI=1S/C20H13NO3/c22-19-15(10-14-8-4-5-9-17(14)21-19)11-16-12-18(24-20(16)23)13-6-2-1-3-7-13/h1-12,23H/b15-11+. The van der Waals surface area contributed by atoms with Crippen molar-refractivity contribution >= 4 is 18.1 Å². The zero-order valence-electron chi connectivity index (χ0n) is 12.6. The van der Waals surface area contributed by atoms with Crippen molar-refractivity contribution in [1.29, 1.82) is 0 Å². The van der Waals surface area contributed by atoms with Crippen molar-refractivity contribution in [2.75, 3.05) is 0 Å². The van der Waals surface area contributed by atoms with Gasteiger partial charge in [-0.05, 0) is 24.3 Å². The van der Waals surface area contributed by atoms with Gasteiger partial charge in [-0.3, -0.25) is 4.79 Å². The molecular weight excluding hydrogens is 302 g/mol. The van der Waals surface area contributed by atoms with E-state index >= 15 is 0 Å². The molecule has 4 heteroatoms. The van der Waals surface area contributed by atoms with E-state index in [-0.39, 0.29) is 11.9 Å². The number of fused-ring (bicyclic) bond motifs is 1. The lowest BCUT2D eigenvalue weighted by Crippen LogP contribution is -2.29. The van der Waals surface area contributed by atoms with E-state index in [0.29, 0.717) is 22.3 Å². The van der Waals surface area contributed by atoms with Crippen LogP contribution < -0.4 is 10.6 Å². The number of furan rings is 1. The summed E-state index contributed by atoms with van der Waals surface area (Å²) in [5.41, 5.74) is 1.71. The molecule has 0 radical (unpaired) electrons. The molecule has 0 saturated carbocycles. The molecular formula is C20H13NO3. The summed E-state index contributed by atoms with van der Waals surface area (Å²) in [4.78, 5) is 16.2. The maximum atomic E-state index is 12.2. The lowest BCUT2D eigenvalue weighted by Gasteiger charge is -2.02. The number of benzene rings is 2. The number of para-hydroxylation sites is 1. The van der Waals surface area contributed by atoms with E-state index in [0.717, 1.165) is 10.8 Å². The SMILES string of the molecule is O=C1N=c2ccccc2=C/C1=C\c1cc(-c2ccccc2)oc1O. The molecule has 0 unspecified atom stereocenters. The van der Waals surface area contributed by atoms with Crippen LogP contribution in [0.3, 0.4) is 0 Å². The van der Waals surface area contributed by atoms with E-state index in [1.54, 1.807) is 24.3 Å². The molecule has 0 spiro atoms. The smallest absolute Gasteiger partial charge is 0.289 e. The van der Waals surface area contributed by atoms with Crippen molar-refractivity contribution in [3.63, 3.8) is 0 Å². The number of nitrogens with zero attached hydrogens (tertiary/aromatic N) is 1. The van der Waals surface area contributed by atoms with Gasteiger partial charge in [-0.25, -0.2) is 4.99 Å². The van der Waals surface area contributed by atoms with Crippen molar-refractivity contribution in [3.8, 4) is 17.3 Å². The topological polar surface area (TPSA) is 62.8 Å². The minimum Gasteiger partial charge on any atom is -0.480 e. The van der Waals surface area contributed by atoms with Crippen LogP contribution in [0.15, 0.2) is 75.6 Å². The fraction of sp³-hybridized carbons (Fsp3) is 0. The first-order valence-corrected chi connectivity index (χ1v) is 7.50. The maximum Gasteiger partial charge on any atom is 0.289 e. The molecule has 0 bridgehead atoms. The second kappa shape index (κ2) is 5.66. The Hall–Kier alpha value is -3.40. The predicted molar refractivity (Wildman–Crippen MR) is 90.5 cm³/mol. The fourth-order valence-corrected chi connectivity index (χ4v) is 2.63. The summed E-state index contributed by atoms with van der Waals surface area (Å²) in [6.07, 6.45) is 3.35. The van der Waals surface area contributed by atoms with E-state index in [1.165, 1.54) is 0 Å². The molecule has 1 aliphatic heterocycles. The third-order valence-electron chi connectivity index (χ3n) is 3.83. The van der Waals surface area contributed by atoms with Gasteiger partial charge in [0, 0.05) is 16.4 Å². The number of amides is 1. The van der Waals surface area contributed by atoms with Crippen LogP contribution in [0.5, 0.6) is 5.95 Å². The highest BCUT2D eigenvalue weighted by atomic mass is 16.5. The van der Waals surface area contributed by atoms with E-state index in [4.69, 9.17) is 4.42 Å². The molecule has 0 atom stereocenters. The van der Waals surface area contributed by atoms with Crippen molar-refractivity contribution in [2.24, 2.45) is 4.99 Å². The van der Waals surface area contributed by atoms with Gasteiger partial charge in [0.2, 0.25) is 0 Å². The summed E-state index contributed by atoms with van der Waals surface area (Å²) in [6.45, 7) is 0. The van der Waals surface area contributed by atoms with Crippen molar-refractivity contribution in [2.45, 2.75) is 0 Å². The first-order chi connectivity index (χ1) is 11.7. The molecule has 1 aliphatic rings. The number of hydrogen-bond acceptors (Lipinski definition) is 3. The van der Waals surface area contributed by atoms with Gasteiger partial charge in [-0.15, -0.1) is 0 Å². The Kier molecular flexibility index (Phi) is 3.35. The molecule has 2 aromatic carbocycles. The van der Waals surface area contributed by atoms with Gasteiger partial charge in [0.25, 0.3) is 11.9 Å². The molecule has 4 nitrogen and oxygen atoms in total. The minimum absolute atomic E-state index is 0.221. The molecule has 1 amide bonds. The number of rotatable bonds is 2. The second-order valence-corrected chi connectivity index (χ2v) is 5.46. The molecule has 2 heterocycles. The normalized spacial score (nSPS) is 14.8. The fourth-order valence-electron chi connectivity index (χ4n) is 2.63. The highest BCUT2D eigenvalue weighted by Crippen LogP contribution is 2.31. The summed E-state index contributed by atoms with van der Waals surface area (Å²) in [7, 11) is 0. The molecule has 0 saturated heterocycles. The average Bonchev–Trinajstić information content (AvgIpc) is 2.97. The summed E-state index contributed by atoms with van der Waals surface area (Å²) in [5, 5.41) is 11.6. The maximum absolute atomic E-state index is 12.2. The Labute approximate surface area is 137 Å². The van der Waals surface area contributed by atoms with Gasteiger partial charge in [-0.2, -0.15) is 0 Å². The Morgan fingerprint density at radius 3 is 2.58 bits per heavy atom. The van der Waals surface area contributed by atoms with E-state index in [2.05, 4.69) is 4.99 Å². The first-order valence-electron chi connectivity index (χ1n) is 7.50. The Bertz CT molecular complexity index is 1080. The van der Waals surface area contributed by atoms with Crippen LogP contribution >= 0.6 is 0 Å². The number of carbonyl (C=O) groups is 1. The lowest BCUT2D eigenvalue weighted by atomic mass is 10.1. The van der Waals surface area contributed by atoms with Crippen LogP contribution in [-0.4, -0.2) is 11.0 Å². The minimum atomic E-state index is -0.337. The van der Waals surface area contributed by atoms with Gasteiger partial charge < -0.3 is 9.52 Å². The average molecular weight is 315 g/mol. The quantitative estimate of drug-likeness (QED) is 0.740. The molecule has 1 N–H and O–H groups in total. The van der Waals surface area contributed by atoms with Gasteiger partial charge in [0.15, 0.2) is 0 Å². The van der Waals surface area contributed by atoms with Crippen LogP contribution in [0.2, 0.25) is 0 Å². The van der Waals surface area contributed by atoms with Crippen LogP contribution in [0.25, 0.3) is 23.5 Å². The Morgan fingerprint density at radius 2 is 1.75 bits per heavy atom. The predicted octanol–water partition coefficient (Wildman–Crippen LogP) is 2.68. The van der Waals surface area contributed by atoms with Crippen molar-refractivity contribution < 1.29 is 14.3 Å². The highest BCUT2D eigenvalue weighted by Gasteiger charge is 2.14. The van der Waals surface area contributed by atoms with Crippen LogP contribution in [0, 0.1) is 0 Å². The number of aromatic hydroxyl groups is 1. The third kappa shape index (κ3) is 2.54. The zero-order chi connectivity index (χ0) is 16.5. The van der Waals surface area contributed by atoms with E-state index in [1.807, 2.05) is 48.5 Å². The Morgan fingerprint density at radius 1 is 1.00 bits per heavy atom. The van der Waals surface area contributed by atoms with Crippen LogP contribution in [0.4, 0.5) is 0 Å². The van der Waals surface area contributed by atoms with E-state index in [9.17, 15) is 9.90 Å². The van der Waals surface area contributed by atoms with E-state index < -0.39 is 0 Å². The summed E-state index contributed by atoms with van der Waals surface area (Å²) in [6, 6.07) is 18.6. The third-order valence-corrected chi connectivity index (χ3v) is 3.83. The van der Waals surface area contributed by atoms with Gasteiger partial charge >= 0.3 is 0 Å². The van der Waals surface area contributed by atoms with Crippen LogP contribution in [-0.2, 0) is 4.79 Å². The zero-order valence-corrected chi connectivity index (χ0v) is 12.6. The van der Waals surface area contributed by atoms with Gasteiger partial charge in [-0.1, -0.05) is 48.5 Å². The largest absolute Gasteiger partial charge is 0.480 e. The van der Waals surface area contributed by atoms with Crippen molar-refractivity contribution in [1.82, 2.24) is 0 Å². The Balaban J connectivity index is 1.78. The van der Waals surface area contributed by atoms with Gasteiger partial charge in [0.1, 0.15) is 5.76 Å². The molecule has 116 valence electrons. The van der Waals surface area contributed by atoms with Crippen LogP contribution in [0.1, 0.15) is 5.56 Å².